The molecule has 1 N–H and O–H groups in total. The number of aromatic nitrogens is 2. The number of hydrogen-bond donors (Lipinski definition) is 1. The Kier molecular flexibility index (Phi) is 4.13. The lowest BCUT2D eigenvalue weighted by molar-refractivity contribution is -0.131. The molecule has 2 aromatic heterocycles. The maximum Gasteiger partial charge on any atom is 0.223 e. The molecule has 0 saturated heterocycles. The van der Waals surface area contributed by atoms with Gasteiger partial charge < -0.3 is 10.2 Å². The summed E-state index contributed by atoms with van der Waals surface area (Å²) in [6.07, 6.45) is 2.92. The van der Waals surface area contributed by atoms with Gasteiger partial charge in [0.2, 0.25) is 5.91 Å². The molecule has 0 aliphatic carbocycles. The van der Waals surface area contributed by atoms with E-state index in [0.29, 0.717) is 6.42 Å². The number of nitrogens with zero attached hydrogens (tertiary/aromatic N) is 3. The maximum absolute atomic E-state index is 12.4. The van der Waals surface area contributed by atoms with E-state index in [2.05, 4.69) is 27.4 Å². The van der Waals surface area contributed by atoms with Crippen molar-refractivity contribution in [1.29, 1.82) is 0 Å². The molecule has 1 aliphatic rings. The third kappa shape index (κ3) is 2.97. The van der Waals surface area contributed by atoms with Crippen LogP contribution in [0.4, 0.5) is 5.82 Å². The van der Waals surface area contributed by atoms with Gasteiger partial charge in [-0.1, -0.05) is 24.3 Å². The Hall–Kier alpha value is -2.47. The third-order valence-corrected chi connectivity index (χ3v) is 5.14. The van der Waals surface area contributed by atoms with Crippen LogP contribution in [0.2, 0.25) is 0 Å². The Morgan fingerprint density at radius 3 is 2.75 bits per heavy atom. The van der Waals surface area contributed by atoms with Crippen molar-refractivity contribution in [3.05, 3.63) is 53.2 Å². The van der Waals surface area contributed by atoms with Crippen molar-refractivity contribution in [3.63, 3.8) is 0 Å². The number of hydrogen-bond acceptors (Lipinski definition) is 5. The van der Waals surface area contributed by atoms with E-state index >= 15 is 0 Å². The summed E-state index contributed by atoms with van der Waals surface area (Å²) in [5, 5.41) is 6.38. The largest absolute Gasteiger partial charge is 0.369 e. The average molecular weight is 338 g/mol. The fraction of sp³-hybridized carbons (Fsp3) is 0.278. The highest BCUT2D eigenvalue weighted by atomic mass is 32.1. The first kappa shape index (κ1) is 15.1. The van der Waals surface area contributed by atoms with Gasteiger partial charge in [0.1, 0.15) is 17.0 Å². The molecule has 0 fully saturated rings. The molecule has 0 saturated carbocycles. The molecule has 1 aromatic carbocycles. The molecule has 3 heterocycles. The lowest BCUT2D eigenvalue weighted by atomic mass is 10.1. The zero-order valence-electron chi connectivity index (χ0n) is 13.2. The van der Waals surface area contributed by atoms with Crippen molar-refractivity contribution in [2.45, 2.75) is 25.9 Å². The summed E-state index contributed by atoms with van der Waals surface area (Å²) in [6.45, 7) is 2.21. The van der Waals surface area contributed by atoms with E-state index in [1.54, 1.807) is 17.7 Å². The Morgan fingerprint density at radius 2 is 1.96 bits per heavy atom. The normalized spacial score (nSPS) is 13.2. The minimum absolute atomic E-state index is 0.219. The fourth-order valence-corrected chi connectivity index (χ4v) is 3.78. The van der Waals surface area contributed by atoms with Gasteiger partial charge in [-0.05, 0) is 29.0 Å². The second-order valence-electron chi connectivity index (χ2n) is 5.91. The van der Waals surface area contributed by atoms with Crippen molar-refractivity contribution >= 4 is 33.3 Å². The molecule has 122 valence electrons. The first-order valence-electron chi connectivity index (χ1n) is 8.08. The van der Waals surface area contributed by atoms with Gasteiger partial charge >= 0.3 is 0 Å². The van der Waals surface area contributed by atoms with Gasteiger partial charge in [-0.25, -0.2) is 9.97 Å². The number of fused-ring (bicyclic) bond motifs is 2. The van der Waals surface area contributed by atoms with Gasteiger partial charge in [0.25, 0.3) is 0 Å². The van der Waals surface area contributed by atoms with Crippen LogP contribution in [0, 0.1) is 0 Å². The number of thiophene rings is 1. The molecule has 24 heavy (non-hydrogen) atoms. The molecular formula is C18H18N4OS. The van der Waals surface area contributed by atoms with Crippen molar-refractivity contribution < 1.29 is 4.79 Å². The maximum atomic E-state index is 12.4. The summed E-state index contributed by atoms with van der Waals surface area (Å²) in [4.78, 5) is 23.8. The zero-order chi connectivity index (χ0) is 16.4. The van der Waals surface area contributed by atoms with Crippen molar-refractivity contribution in [2.75, 3.05) is 11.9 Å². The molecule has 3 aromatic rings. The predicted molar refractivity (Wildman–Crippen MR) is 95.8 cm³/mol. The molecule has 0 spiro atoms. The van der Waals surface area contributed by atoms with Crippen LogP contribution in [0.5, 0.6) is 0 Å². The number of anilines is 1. The van der Waals surface area contributed by atoms with Crippen LogP contribution in [0.3, 0.4) is 0 Å². The summed E-state index contributed by atoms with van der Waals surface area (Å²) < 4.78 is 0. The van der Waals surface area contributed by atoms with Crippen LogP contribution in [0.15, 0.2) is 42.0 Å². The predicted octanol–water partition coefficient (Wildman–Crippen LogP) is 3.43. The Balaban J connectivity index is 1.28. The Labute approximate surface area is 144 Å². The molecule has 0 unspecified atom stereocenters. The van der Waals surface area contributed by atoms with Gasteiger partial charge in [-0.3, -0.25) is 4.79 Å². The van der Waals surface area contributed by atoms with Gasteiger partial charge in [0.15, 0.2) is 0 Å². The number of rotatable bonds is 5. The Bertz CT molecular complexity index is 851. The highest BCUT2D eigenvalue weighted by Crippen LogP contribution is 2.24. The summed E-state index contributed by atoms with van der Waals surface area (Å²) in [5.74, 6) is 1.07. The number of benzene rings is 1. The zero-order valence-corrected chi connectivity index (χ0v) is 14.1. The van der Waals surface area contributed by atoms with Crippen molar-refractivity contribution in [2.24, 2.45) is 0 Å². The van der Waals surface area contributed by atoms with E-state index < -0.39 is 0 Å². The van der Waals surface area contributed by atoms with Crippen molar-refractivity contribution in [3.8, 4) is 0 Å². The summed E-state index contributed by atoms with van der Waals surface area (Å²) in [5.41, 5.74) is 2.54. The molecule has 5 nitrogen and oxygen atoms in total. The highest BCUT2D eigenvalue weighted by Gasteiger charge is 2.22. The highest BCUT2D eigenvalue weighted by molar-refractivity contribution is 7.16. The SMILES string of the molecule is O=C(CCCNc1ncnc2sccc12)N1Cc2ccccc2C1. The minimum atomic E-state index is 0.219. The molecular weight excluding hydrogens is 320 g/mol. The summed E-state index contributed by atoms with van der Waals surface area (Å²) >= 11 is 1.60. The van der Waals surface area contributed by atoms with Gasteiger partial charge in [-0.15, -0.1) is 11.3 Å². The lowest BCUT2D eigenvalue weighted by Gasteiger charge is -2.15. The van der Waals surface area contributed by atoms with Crippen LogP contribution in [-0.4, -0.2) is 27.3 Å². The van der Waals surface area contributed by atoms with E-state index in [4.69, 9.17) is 0 Å². The first-order chi connectivity index (χ1) is 11.8. The minimum Gasteiger partial charge on any atom is -0.369 e. The smallest absolute Gasteiger partial charge is 0.223 e. The summed E-state index contributed by atoms with van der Waals surface area (Å²) in [7, 11) is 0. The number of amides is 1. The monoisotopic (exact) mass is 338 g/mol. The van der Waals surface area contributed by atoms with Crippen LogP contribution in [-0.2, 0) is 17.9 Å². The van der Waals surface area contributed by atoms with Crippen molar-refractivity contribution in [1.82, 2.24) is 14.9 Å². The number of nitrogens with one attached hydrogen (secondary N) is 1. The molecule has 1 aliphatic heterocycles. The molecule has 4 rings (SSSR count). The second kappa shape index (κ2) is 6.57. The van der Waals surface area contributed by atoms with Crippen LogP contribution in [0.25, 0.3) is 10.2 Å². The molecule has 0 bridgehead atoms. The average Bonchev–Trinajstić information content (AvgIpc) is 3.25. The Morgan fingerprint density at radius 1 is 1.17 bits per heavy atom. The van der Waals surface area contributed by atoms with Crippen LogP contribution >= 0.6 is 11.3 Å². The number of carbonyl (C=O) groups is 1. The molecule has 0 radical (unpaired) electrons. The fourth-order valence-electron chi connectivity index (χ4n) is 3.04. The second-order valence-corrected chi connectivity index (χ2v) is 6.81. The van der Waals surface area contributed by atoms with E-state index in [0.717, 1.165) is 42.1 Å². The first-order valence-corrected chi connectivity index (χ1v) is 8.96. The standard InChI is InChI=1S/C18H18N4OS/c23-16(22-10-13-4-1-2-5-14(13)11-22)6-3-8-19-17-15-7-9-24-18(15)21-12-20-17/h1-2,4-5,7,9,12H,3,6,8,10-11H2,(H,19,20,21). The van der Waals surface area contributed by atoms with E-state index in [1.165, 1.54) is 11.1 Å². The van der Waals surface area contributed by atoms with E-state index in [1.807, 2.05) is 28.5 Å². The molecule has 0 atom stereocenters. The van der Waals surface area contributed by atoms with E-state index in [9.17, 15) is 4.79 Å². The molecule has 6 heteroatoms. The van der Waals surface area contributed by atoms with Gasteiger partial charge in [-0.2, -0.15) is 0 Å². The van der Waals surface area contributed by atoms with Gasteiger partial charge in [0.05, 0.1) is 5.39 Å². The summed E-state index contributed by atoms with van der Waals surface area (Å²) in [6, 6.07) is 10.3. The number of carbonyl (C=O) groups excluding carboxylic acids is 1. The topological polar surface area (TPSA) is 58.1 Å². The van der Waals surface area contributed by atoms with E-state index in [-0.39, 0.29) is 5.91 Å². The molecule has 1 amide bonds. The quantitative estimate of drug-likeness (QED) is 0.724. The van der Waals surface area contributed by atoms with Gasteiger partial charge in [0, 0.05) is 26.1 Å². The lowest BCUT2D eigenvalue weighted by Crippen LogP contribution is -2.25. The third-order valence-electron chi connectivity index (χ3n) is 4.32. The van der Waals surface area contributed by atoms with Crippen LogP contribution < -0.4 is 5.32 Å². The van der Waals surface area contributed by atoms with Crippen LogP contribution in [0.1, 0.15) is 24.0 Å².